The molecule has 2 N–H and O–H groups in total. The summed E-state index contributed by atoms with van der Waals surface area (Å²) < 4.78 is 26.7. The summed E-state index contributed by atoms with van der Waals surface area (Å²) in [6.07, 6.45) is 1.26. The highest BCUT2D eigenvalue weighted by molar-refractivity contribution is 6.08. The van der Waals surface area contributed by atoms with E-state index in [1.807, 2.05) is 0 Å². The Hall–Kier alpha value is -2.76. The number of carbonyl (C=O) groups excluding carboxylic acids is 2. The summed E-state index contributed by atoms with van der Waals surface area (Å²) in [6, 6.07) is 7.66. The number of nitrogens with two attached hydrogens (primary N) is 1. The van der Waals surface area contributed by atoms with Gasteiger partial charge in [-0.25, -0.2) is 8.78 Å². The zero-order valence-electron chi connectivity index (χ0n) is 12.2. The fourth-order valence-corrected chi connectivity index (χ4v) is 2.90. The van der Waals surface area contributed by atoms with Gasteiger partial charge in [0.05, 0.1) is 0 Å². The van der Waals surface area contributed by atoms with Crippen LogP contribution >= 0.6 is 0 Å². The summed E-state index contributed by atoms with van der Waals surface area (Å²) in [5.74, 6) is -2.69. The van der Waals surface area contributed by atoms with Crippen LogP contribution in [0.1, 0.15) is 32.7 Å². The molecule has 118 valence electrons. The summed E-state index contributed by atoms with van der Waals surface area (Å²) in [5, 5.41) is 0. The predicted molar refractivity (Wildman–Crippen MR) is 81.3 cm³/mol. The van der Waals surface area contributed by atoms with Gasteiger partial charge in [-0.2, -0.15) is 0 Å². The molecule has 0 atom stereocenters. The van der Waals surface area contributed by atoms with E-state index in [4.69, 9.17) is 5.73 Å². The average Bonchev–Trinajstić information content (AvgIpc) is 2.52. The fraction of sp³-hybridized carbons (Fsp3) is 0.176. The Morgan fingerprint density at radius 3 is 2.43 bits per heavy atom. The number of rotatable bonds is 2. The molecule has 0 aromatic heterocycles. The van der Waals surface area contributed by atoms with Gasteiger partial charge in [0.1, 0.15) is 11.6 Å². The molecule has 1 heterocycles. The SMILES string of the molecule is NC(=O)c1cccc2c1CCCN2C(=O)c1cc(F)cc(F)c1. The Labute approximate surface area is 131 Å². The molecule has 0 fully saturated rings. The van der Waals surface area contributed by atoms with Crippen LogP contribution < -0.4 is 10.6 Å². The van der Waals surface area contributed by atoms with Gasteiger partial charge in [0.15, 0.2) is 0 Å². The second-order valence-electron chi connectivity index (χ2n) is 5.39. The summed E-state index contributed by atoms with van der Waals surface area (Å²) in [4.78, 5) is 25.6. The average molecular weight is 316 g/mol. The molecule has 0 saturated carbocycles. The summed E-state index contributed by atoms with van der Waals surface area (Å²) in [6.45, 7) is 0.409. The van der Waals surface area contributed by atoms with Crippen molar-refractivity contribution in [3.05, 3.63) is 64.7 Å². The highest BCUT2D eigenvalue weighted by Gasteiger charge is 2.26. The van der Waals surface area contributed by atoms with E-state index in [9.17, 15) is 18.4 Å². The predicted octanol–water partition coefficient (Wildman–Crippen LogP) is 2.66. The van der Waals surface area contributed by atoms with Crippen LogP contribution in [-0.2, 0) is 6.42 Å². The smallest absolute Gasteiger partial charge is 0.258 e. The lowest BCUT2D eigenvalue weighted by atomic mass is 9.95. The lowest BCUT2D eigenvalue weighted by Crippen LogP contribution is -2.36. The first-order chi connectivity index (χ1) is 11.0. The van der Waals surface area contributed by atoms with E-state index < -0.39 is 23.4 Å². The first-order valence-corrected chi connectivity index (χ1v) is 7.17. The third-order valence-electron chi connectivity index (χ3n) is 3.87. The molecule has 0 bridgehead atoms. The topological polar surface area (TPSA) is 63.4 Å². The fourth-order valence-electron chi connectivity index (χ4n) is 2.90. The van der Waals surface area contributed by atoms with Crippen molar-refractivity contribution < 1.29 is 18.4 Å². The quantitative estimate of drug-likeness (QED) is 0.926. The number of anilines is 1. The maximum Gasteiger partial charge on any atom is 0.258 e. The maximum atomic E-state index is 13.3. The van der Waals surface area contributed by atoms with Gasteiger partial charge in [-0.3, -0.25) is 9.59 Å². The highest BCUT2D eigenvalue weighted by Crippen LogP contribution is 2.31. The standard InChI is InChI=1S/C17H14F2N2O2/c18-11-7-10(8-12(19)9-11)17(23)21-6-2-4-13-14(16(20)22)3-1-5-15(13)21/h1,3,5,7-9H,2,4,6H2,(H2,20,22). The molecule has 0 spiro atoms. The van der Waals surface area contributed by atoms with Crippen LogP contribution in [0.3, 0.4) is 0 Å². The van der Waals surface area contributed by atoms with Gasteiger partial charge in [0, 0.05) is 29.4 Å². The Kier molecular flexibility index (Phi) is 3.82. The number of fused-ring (bicyclic) bond motifs is 1. The number of benzene rings is 2. The summed E-state index contributed by atoms with van der Waals surface area (Å²) in [5.41, 5.74) is 6.91. The molecule has 2 aromatic carbocycles. The molecular weight excluding hydrogens is 302 g/mol. The normalized spacial score (nSPS) is 13.6. The second kappa shape index (κ2) is 5.79. The van der Waals surface area contributed by atoms with Gasteiger partial charge in [-0.05, 0) is 42.7 Å². The number of halogens is 2. The first-order valence-electron chi connectivity index (χ1n) is 7.17. The third kappa shape index (κ3) is 2.79. The van der Waals surface area contributed by atoms with Crippen molar-refractivity contribution in [3.63, 3.8) is 0 Å². The zero-order valence-corrected chi connectivity index (χ0v) is 12.2. The number of nitrogens with zero attached hydrogens (tertiary/aromatic N) is 1. The van der Waals surface area contributed by atoms with E-state index in [0.29, 0.717) is 42.3 Å². The van der Waals surface area contributed by atoms with E-state index >= 15 is 0 Å². The maximum absolute atomic E-state index is 13.3. The zero-order chi connectivity index (χ0) is 16.6. The molecule has 23 heavy (non-hydrogen) atoms. The first kappa shape index (κ1) is 15.1. The number of hydrogen-bond acceptors (Lipinski definition) is 2. The molecule has 1 aliphatic heterocycles. The molecule has 6 heteroatoms. The number of hydrogen-bond donors (Lipinski definition) is 1. The van der Waals surface area contributed by atoms with Gasteiger partial charge in [-0.15, -0.1) is 0 Å². The van der Waals surface area contributed by atoms with Crippen LogP contribution in [0.15, 0.2) is 36.4 Å². The van der Waals surface area contributed by atoms with E-state index in [1.54, 1.807) is 18.2 Å². The van der Waals surface area contributed by atoms with Crippen LogP contribution in [0.2, 0.25) is 0 Å². The van der Waals surface area contributed by atoms with Gasteiger partial charge >= 0.3 is 0 Å². The number of carbonyl (C=O) groups is 2. The Morgan fingerprint density at radius 1 is 1.09 bits per heavy atom. The molecule has 0 unspecified atom stereocenters. The van der Waals surface area contributed by atoms with Crippen molar-refractivity contribution in [2.24, 2.45) is 5.73 Å². The van der Waals surface area contributed by atoms with E-state index in [2.05, 4.69) is 0 Å². The van der Waals surface area contributed by atoms with Crippen LogP contribution in [0.4, 0.5) is 14.5 Å². The van der Waals surface area contributed by atoms with Crippen LogP contribution in [-0.4, -0.2) is 18.4 Å². The summed E-state index contributed by atoms with van der Waals surface area (Å²) >= 11 is 0. The van der Waals surface area contributed by atoms with Crippen LogP contribution in [0, 0.1) is 11.6 Å². The molecular formula is C17H14F2N2O2. The Balaban J connectivity index is 2.05. The second-order valence-corrected chi connectivity index (χ2v) is 5.39. The van der Waals surface area contributed by atoms with Crippen molar-refractivity contribution >= 4 is 17.5 Å². The molecule has 0 radical (unpaired) electrons. The minimum absolute atomic E-state index is 0.0696. The van der Waals surface area contributed by atoms with Gasteiger partial charge < -0.3 is 10.6 Å². The molecule has 2 aromatic rings. The molecule has 0 saturated heterocycles. The van der Waals surface area contributed by atoms with E-state index in [0.717, 1.165) is 12.1 Å². The van der Waals surface area contributed by atoms with Gasteiger partial charge in [0.2, 0.25) is 5.91 Å². The lowest BCUT2D eigenvalue weighted by molar-refractivity contribution is 0.0976. The molecule has 1 aliphatic rings. The monoisotopic (exact) mass is 316 g/mol. The lowest BCUT2D eigenvalue weighted by Gasteiger charge is -2.30. The molecule has 3 rings (SSSR count). The Bertz CT molecular complexity index is 785. The highest BCUT2D eigenvalue weighted by atomic mass is 19.1. The van der Waals surface area contributed by atoms with Crippen LogP contribution in [0.5, 0.6) is 0 Å². The van der Waals surface area contributed by atoms with Crippen molar-refractivity contribution in [1.82, 2.24) is 0 Å². The minimum Gasteiger partial charge on any atom is -0.366 e. The third-order valence-corrected chi connectivity index (χ3v) is 3.87. The van der Waals surface area contributed by atoms with E-state index in [1.165, 1.54) is 4.90 Å². The minimum atomic E-state index is -0.809. The summed E-state index contributed by atoms with van der Waals surface area (Å²) in [7, 11) is 0. The van der Waals surface area contributed by atoms with Gasteiger partial charge in [-0.1, -0.05) is 6.07 Å². The largest absolute Gasteiger partial charge is 0.366 e. The Morgan fingerprint density at radius 2 is 1.78 bits per heavy atom. The van der Waals surface area contributed by atoms with Crippen molar-refractivity contribution in [2.45, 2.75) is 12.8 Å². The van der Waals surface area contributed by atoms with E-state index in [-0.39, 0.29) is 5.56 Å². The molecule has 0 aliphatic carbocycles. The van der Waals surface area contributed by atoms with Crippen LogP contribution in [0.25, 0.3) is 0 Å². The van der Waals surface area contributed by atoms with Crippen molar-refractivity contribution in [3.8, 4) is 0 Å². The molecule has 2 amide bonds. The van der Waals surface area contributed by atoms with Crippen molar-refractivity contribution in [1.29, 1.82) is 0 Å². The van der Waals surface area contributed by atoms with Gasteiger partial charge in [0.25, 0.3) is 5.91 Å². The van der Waals surface area contributed by atoms with Crippen molar-refractivity contribution in [2.75, 3.05) is 11.4 Å². The number of amides is 2. The molecule has 4 nitrogen and oxygen atoms in total. The number of primary amides is 1.